The van der Waals surface area contributed by atoms with Crippen molar-refractivity contribution in [2.45, 2.75) is 43.9 Å². The molecule has 5 heteroatoms. The highest BCUT2D eigenvalue weighted by Crippen LogP contribution is 2.33. The van der Waals surface area contributed by atoms with E-state index in [0.29, 0.717) is 5.75 Å². The Morgan fingerprint density at radius 2 is 2.26 bits per heavy atom. The number of aromatic nitrogens is 2. The van der Waals surface area contributed by atoms with Crippen molar-refractivity contribution in [1.82, 2.24) is 14.5 Å². The number of benzene rings is 1. The van der Waals surface area contributed by atoms with Gasteiger partial charge in [0.2, 0.25) is 5.91 Å². The maximum Gasteiger partial charge on any atom is 0.233 e. The molecule has 1 aliphatic rings. The predicted octanol–water partition coefficient (Wildman–Crippen LogP) is 3.53. The van der Waals surface area contributed by atoms with Gasteiger partial charge in [0.15, 0.2) is 5.16 Å². The van der Waals surface area contributed by atoms with Crippen molar-refractivity contribution >= 4 is 17.7 Å². The number of nitrogens with zero attached hydrogens (tertiary/aromatic N) is 3. The van der Waals surface area contributed by atoms with Crippen molar-refractivity contribution in [3.63, 3.8) is 0 Å². The van der Waals surface area contributed by atoms with Gasteiger partial charge in [-0.25, -0.2) is 4.98 Å². The Labute approximate surface area is 141 Å². The second-order valence-electron chi connectivity index (χ2n) is 5.90. The van der Waals surface area contributed by atoms with Crippen LogP contribution in [0.15, 0.2) is 41.8 Å². The fraction of sp³-hybridized carbons (Fsp3) is 0.444. The van der Waals surface area contributed by atoms with Crippen LogP contribution < -0.4 is 0 Å². The summed E-state index contributed by atoms with van der Waals surface area (Å²) in [6, 6.07) is 8.72. The SMILES string of the molecule is CCn1ccnc1SCC(=O)N(C)C1CCCc2ccccc21. The number of fused-ring (bicyclic) bond motifs is 1. The first-order valence-corrected chi connectivity index (χ1v) is 9.16. The number of hydrogen-bond donors (Lipinski definition) is 0. The number of rotatable bonds is 5. The van der Waals surface area contributed by atoms with E-state index in [2.05, 4.69) is 40.7 Å². The van der Waals surface area contributed by atoms with Gasteiger partial charge in [-0.1, -0.05) is 36.0 Å². The third-order valence-corrected chi connectivity index (χ3v) is 5.53. The minimum absolute atomic E-state index is 0.169. The molecule has 1 aromatic heterocycles. The van der Waals surface area contributed by atoms with Gasteiger partial charge in [-0.05, 0) is 37.3 Å². The average molecular weight is 329 g/mol. The largest absolute Gasteiger partial charge is 0.338 e. The third kappa shape index (κ3) is 3.44. The molecule has 1 heterocycles. The minimum atomic E-state index is 0.169. The summed E-state index contributed by atoms with van der Waals surface area (Å²) in [5.41, 5.74) is 2.70. The summed E-state index contributed by atoms with van der Waals surface area (Å²) in [6.45, 7) is 2.96. The van der Waals surface area contributed by atoms with Crippen LogP contribution in [0, 0.1) is 0 Å². The lowest BCUT2D eigenvalue weighted by molar-refractivity contribution is -0.129. The molecule has 0 N–H and O–H groups in total. The first-order valence-electron chi connectivity index (χ1n) is 8.18. The maximum atomic E-state index is 12.6. The van der Waals surface area contributed by atoms with Crippen molar-refractivity contribution in [2.75, 3.05) is 12.8 Å². The van der Waals surface area contributed by atoms with Crippen LogP contribution in [0.1, 0.15) is 36.9 Å². The smallest absolute Gasteiger partial charge is 0.233 e. The summed E-state index contributed by atoms with van der Waals surface area (Å²) < 4.78 is 2.06. The van der Waals surface area contributed by atoms with Crippen LogP contribution in [0.3, 0.4) is 0 Å². The van der Waals surface area contributed by atoms with Gasteiger partial charge in [-0.15, -0.1) is 0 Å². The number of amides is 1. The topological polar surface area (TPSA) is 38.1 Å². The molecule has 0 aliphatic heterocycles. The predicted molar refractivity (Wildman–Crippen MR) is 93.5 cm³/mol. The van der Waals surface area contributed by atoms with E-state index in [0.717, 1.165) is 31.0 Å². The standard InChI is InChI=1S/C18H23N3OS/c1-3-21-12-11-19-18(21)23-13-17(22)20(2)16-10-6-8-14-7-4-5-9-15(14)16/h4-5,7,9,11-12,16H,3,6,8,10,13H2,1-2H3. The van der Waals surface area contributed by atoms with Crippen molar-refractivity contribution in [3.8, 4) is 0 Å². The van der Waals surface area contributed by atoms with Gasteiger partial charge >= 0.3 is 0 Å². The molecular formula is C18H23N3OS. The van der Waals surface area contributed by atoms with E-state index >= 15 is 0 Å². The zero-order valence-electron chi connectivity index (χ0n) is 13.7. The van der Waals surface area contributed by atoms with Crippen molar-refractivity contribution in [3.05, 3.63) is 47.8 Å². The number of hydrogen-bond acceptors (Lipinski definition) is 3. The zero-order chi connectivity index (χ0) is 16.2. The molecule has 0 fully saturated rings. The molecule has 0 saturated carbocycles. The Morgan fingerprint density at radius 3 is 3.09 bits per heavy atom. The lowest BCUT2D eigenvalue weighted by Gasteiger charge is -2.33. The second-order valence-corrected chi connectivity index (χ2v) is 6.84. The molecule has 1 amide bonds. The van der Waals surface area contributed by atoms with Crippen molar-refractivity contribution < 1.29 is 4.79 Å². The monoisotopic (exact) mass is 329 g/mol. The number of imidazole rings is 1. The molecule has 4 nitrogen and oxygen atoms in total. The summed E-state index contributed by atoms with van der Waals surface area (Å²) in [7, 11) is 1.93. The quantitative estimate of drug-likeness (QED) is 0.788. The molecule has 122 valence electrons. The van der Waals surface area contributed by atoms with E-state index in [-0.39, 0.29) is 11.9 Å². The summed E-state index contributed by atoms with van der Waals surface area (Å²) in [5, 5.41) is 0.915. The normalized spacial score (nSPS) is 16.9. The maximum absolute atomic E-state index is 12.6. The van der Waals surface area contributed by atoms with Gasteiger partial charge in [0.25, 0.3) is 0 Å². The minimum Gasteiger partial charge on any atom is -0.338 e. The van der Waals surface area contributed by atoms with Crippen LogP contribution in [0.5, 0.6) is 0 Å². The molecule has 1 aliphatic carbocycles. The van der Waals surface area contributed by atoms with Crippen molar-refractivity contribution in [2.24, 2.45) is 0 Å². The van der Waals surface area contributed by atoms with Crippen LogP contribution in [-0.2, 0) is 17.8 Å². The van der Waals surface area contributed by atoms with Crippen molar-refractivity contribution in [1.29, 1.82) is 0 Å². The Bertz CT molecular complexity index is 682. The summed E-state index contributed by atoms with van der Waals surface area (Å²) in [6.07, 6.45) is 7.06. The van der Waals surface area contributed by atoms with Crippen LogP contribution in [0.2, 0.25) is 0 Å². The highest BCUT2D eigenvalue weighted by molar-refractivity contribution is 7.99. The molecule has 2 aromatic rings. The average Bonchev–Trinajstić information content (AvgIpc) is 3.06. The molecule has 1 atom stereocenters. The lowest BCUT2D eigenvalue weighted by Crippen LogP contribution is -2.34. The van der Waals surface area contributed by atoms with Crippen LogP contribution in [0.25, 0.3) is 0 Å². The number of carbonyl (C=O) groups is 1. The highest BCUT2D eigenvalue weighted by Gasteiger charge is 2.26. The fourth-order valence-electron chi connectivity index (χ4n) is 3.21. The molecule has 0 radical (unpaired) electrons. The van der Waals surface area contributed by atoms with E-state index in [1.165, 1.54) is 22.9 Å². The van der Waals surface area contributed by atoms with Gasteiger partial charge in [-0.3, -0.25) is 4.79 Å². The third-order valence-electron chi connectivity index (χ3n) is 4.54. The Kier molecular flexibility index (Phi) is 5.06. The zero-order valence-corrected chi connectivity index (χ0v) is 14.6. The Hall–Kier alpha value is -1.75. The number of aryl methyl sites for hydroxylation is 2. The Balaban J connectivity index is 1.66. The fourth-order valence-corrected chi connectivity index (χ4v) is 4.16. The van der Waals surface area contributed by atoms with Crippen LogP contribution in [0.4, 0.5) is 0 Å². The first kappa shape index (κ1) is 16.1. The van der Waals surface area contributed by atoms with Gasteiger partial charge < -0.3 is 9.47 Å². The molecule has 1 aromatic carbocycles. The summed E-state index contributed by atoms with van der Waals surface area (Å²) >= 11 is 1.52. The molecule has 0 spiro atoms. The van der Waals surface area contributed by atoms with E-state index in [4.69, 9.17) is 0 Å². The molecule has 0 bridgehead atoms. The van der Waals surface area contributed by atoms with E-state index in [1.807, 2.05) is 18.1 Å². The van der Waals surface area contributed by atoms with E-state index in [9.17, 15) is 4.79 Å². The lowest BCUT2D eigenvalue weighted by atomic mass is 9.87. The molecule has 3 rings (SSSR count). The molecular weight excluding hydrogens is 306 g/mol. The van der Waals surface area contributed by atoms with E-state index in [1.54, 1.807) is 6.20 Å². The van der Waals surface area contributed by atoms with Gasteiger partial charge in [0.1, 0.15) is 0 Å². The molecule has 0 saturated heterocycles. The first-order chi connectivity index (χ1) is 11.2. The number of carbonyl (C=O) groups excluding carboxylic acids is 1. The van der Waals surface area contributed by atoms with Crippen LogP contribution >= 0.6 is 11.8 Å². The van der Waals surface area contributed by atoms with Gasteiger partial charge in [0.05, 0.1) is 11.8 Å². The highest BCUT2D eigenvalue weighted by atomic mass is 32.2. The summed E-state index contributed by atoms with van der Waals surface area (Å²) in [4.78, 5) is 18.9. The summed E-state index contributed by atoms with van der Waals surface area (Å²) in [5.74, 6) is 0.606. The van der Waals surface area contributed by atoms with Gasteiger partial charge in [0, 0.05) is 26.0 Å². The molecule has 1 unspecified atom stereocenters. The Morgan fingerprint density at radius 1 is 1.43 bits per heavy atom. The van der Waals surface area contributed by atoms with E-state index < -0.39 is 0 Å². The second kappa shape index (κ2) is 7.21. The van der Waals surface area contributed by atoms with Gasteiger partial charge in [-0.2, -0.15) is 0 Å². The van der Waals surface area contributed by atoms with Crippen LogP contribution in [-0.4, -0.2) is 33.2 Å². The number of thioether (sulfide) groups is 1. The molecule has 23 heavy (non-hydrogen) atoms.